The maximum atomic E-state index is 13.2. The molecule has 0 radical (unpaired) electrons. The van der Waals surface area contributed by atoms with Crippen LogP contribution in [0.25, 0.3) is 0 Å². The van der Waals surface area contributed by atoms with Crippen molar-refractivity contribution in [3.63, 3.8) is 0 Å². The number of carbonyl (C=O) groups excluding carboxylic acids is 3. The summed E-state index contributed by atoms with van der Waals surface area (Å²) in [5.41, 5.74) is 16.5. The average molecular weight is 484 g/mol. The zero-order valence-electron chi connectivity index (χ0n) is 20.6. The van der Waals surface area contributed by atoms with Crippen molar-refractivity contribution in [2.75, 3.05) is 13.1 Å². The highest BCUT2D eigenvalue weighted by atomic mass is 16.4. The number of hydrogen-bond donors (Lipinski definition) is 6. The monoisotopic (exact) mass is 483 g/mol. The van der Waals surface area contributed by atoms with E-state index < -0.39 is 47.9 Å². The highest BCUT2D eigenvalue weighted by Gasteiger charge is 2.38. The third-order valence-corrected chi connectivity index (χ3v) is 5.69. The molecule has 3 amide bonds. The number of nitrogens with one attached hydrogen (secondary N) is 2. The standard InChI is InChI=1S/C22H41N7O5/c1-12(2)11-15(20(32)29-10-6-8-16(29)21(33)34)27-19(31)17(13(3)4)28-18(30)14(23)7-5-9-26-22(24)25/h12-17H,5-11,23H2,1-4H3,(H,27,31)(H,28,30)(H,33,34)(H4,24,25,26)/t14-,15-,16-,17-/m0/s1. The maximum absolute atomic E-state index is 13.2. The number of nitrogens with two attached hydrogens (primary N) is 3. The van der Waals surface area contributed by atoms with E-state index in [0.29, 0.717) is 45.2 Å². The van der Waals surface area contributed by atoms with Crippen LogP contribution in [0.15, 0.2) is 4.99 Å². The fourth-order valence-corrected chi connectivity index (χ4v) is 3.89. The first-order valence-corrected chi connectivity index (χ1v) is 11.8. The zero-order chi connectivity index (χ0) is 26.0. The smallest absolute Gasteiger partial charge is 0.326 e. The van der Waals surface area contributed by atoms with E-state index in [0.717, 1.165) is 0 Å². The van der Waals surface area contributed by atoms with Crippen molar-refractivity contribution < 1.29 is 24.3 Å². The van der Waals surface area contributed by atoms with Crippen LogP contribution in [0.4, 0.5) is 0 Å². The van der Waals surface area contributed by atoms with E-state index in [2.05, 4.69) is 15.6 Å². The third-order valence-electron chi connectivity index (χ3n) is 5.69. The lowest BCUT2D eigenvalue weighted by Crippen LogP contribution is -2.58. The molecular weight excluding hydrogens is 442 g/mol. The molecule has 1 aliphatic heterocycles. The molecule has 1 fully saturated rings. The Hall–Kier alpha value is -2.89. The molecule has 0 saturated carbocycles. The van der Waals surface area contributed by atoms with E-state index in [1.165, 1.54) is 4.90 Å². The van der Waals surface area contributed by atoms with Crippen molar-refractivity contribution in [3.05, 3.63) is 0 Å². The number of amides is 3. The van der Waals surface area contributed by atoms with Crippen molar-refractivity contribution in [1.82, 2.24) is 15.5 Å². The predicted molar refractivity (Wildman–Crippen MR) is 128 cm³/mol. The van der Waals surface area contributed by atoms with Crippen LogP contribution in [0.2, 0.25) is 0 Å². The molecule has 12 nitrogen and oxygen atoms in total. The fourth-order valence-electron chi connectivity index (χ4n) is 3.89. The van der Waals surface area contributed by atoms with E-state index in [4.69, 9.17) is 17.2 Å². The highest BCUT2D eigenvalue weighted by molar-refractivity contribution is 5.94. The van der Waals surface area contributed by atoms with E-state index in [9.17, 15) is 24.3 Å². The maximum Gasteiger partial charge on any atom is 0.326 e. The summed E-state index contributed by atoms with van der Waals surface area (Å²) in [4.78, 5) is 55.5. The van der Waals surface area contributed by atoms with Gasteiger partial charge in [0.15, 0.2) is 5.96 Å². The number of carboxylic acids is 1. The number of rotatable bonds is 13. The number of aliphatic carboxylic acids is 1. The van der Waals surface area contributed by atoms with Crippen molar-refractivity contribution in [3.8, 4) is 0 Å². The number of nitrogens with zero attached hydrogens (tertiary/aromatic N) is 2. The van der Waals surface area contributed by atoms with Crippen LogP contribution < -0.4 is 27.8 Å². The van der Waals surface area contributed by atoms with Gasteiger partial charge in [-0.3, -0.25) is 19.4 Å². The lowest BCUT2D eigenvalue weighted by Gasteiger charge is -2.30. The minimum absolute atomic E-state index is 0.0383. The fraction of sp³-hybridized carbons (Fsp3) is 0.773. The molecule has 0 aromatic rings. The topological polar surface area (TPSA) is 206 Å². The zero-order valence-corrected chi connectivity index (χ0v) is 20.6. The molecule has 0 bridgehead atoms. The van der Waals surface area contributed by atoms with E-state index in [-0.39, 0.29) is 17.8 Å². The Kier molecular flexibility index (Phi) is 11.8. The second-order valence-corrected chi connectivity index (χ2v) is 9.50. The summed E-state index contributed by atoms with van der Waals surface area (Å²) in [6.07, 6.45) is 2.15. The van der Waals surface area contributed by atoms with E-state index in [1.807, 2.05) is 13.8 Å². The molecule has 194 valence electrons. The van der Waals surface area contributed by atoms with Gasteiger partial charge >= 0.3 is 5.97 Å². The van der Waals surface area contributed by atoms with Crippen LogP contribution >= 0.6 is 0 Å². The van der Waals surface area contributed by atoms with Crippen molar-refractivity contribution in [2.24, 2.45) is 34.0 Å². The van der Waals surface area contributed by atoms with Gasteiger partial charge in [-0.2, -0.15) is 0 Å². The molecule has 0 aromatic heterocycles. The Bertz CT molecular complexity index is 752. The number of carboxylic acid groups (broad SMARTS) is 1. The third kappa shape index (κ3) is 9.16. The minimum atomic E-state index is -1.05. The van der Waals surface area contributed by atoms with Gasteiger partial charge in [-0.1, -0.05) is 27.7 Å². The lowest BCUT2D eigenvalue weighted by molar-refractivity contribution is -0.149. The number of hydrogen-bond acceptors (Lipinski definition) is 6. The largest absolute Gasteiger partial charge is 0.480 e. The normalized spacial score (nSPS) is 18.3. The first kappa shape index (κ1) is 29.1. The molecule has 0 aliphatic carbocycles. The van der Waals surface area contributed by atoms with Gasteiger partial charge in [-0.15, -0.1) is 0 Å². The van der Waals surface area contributed by atoms with Gasteiger partial charge in [0.25, 0.3) is 0 Å². The highest BCUT2D eigenvalue weighted by Crippen LogP contribution is 2.20. The van der Waals surface area contributed by atoms with Crippen molar-refractivity contribution in [1.29, 1.82) is 0 Å². The summed E-state index contributed by atoms with van der Waals surface area (Å²) < 4.78 is 0. The van der Waals surface area contributed by atoms with Crippen molar-refractivity contribution >= 4 is 29.7 Å². The van der Waals surface area contributed by atoms with Crippen LogP contribution in [-0.2, 0) is 19.2 Å². The van der Waals surface area contributed by atoms with E-state index >= 15 is 0 Å². The lowest BCUT2D eigenvalue weighted by atomic mass is 9.99. The van der Waals surface area contributed by atoms with E-state index in [1.54, 1.807) is 13.8 Å². The molecule has 1 rings (SSSR count). The first-order chi connectivity index (χ1) is 15.8. The minimum Gasteiger partial charge on any atom is -0.480 e. The first-order valence-electron chi connectivity index (χ1n) is 11.8. The van der Waals surface area contributed by atoms with Gasteiger partial charge in [0, 0.05) is 13.1 Å². The molecule has 0 aromatic carbocycles. The van der Waals surface area contributed by atoms with Crippen LogP contribution in [0.5, 0.6) is 0 Å². The molecule has 1 aliphatic rings. The molecule has 34 heavy (non-hydrogen) atoms. The molecule has 1 saturated heterocycles. The van der Waals surface area contributed by atoms with Crippen LogP contribution in [0.3, 0.4) is 0 Å². The summed E-state index contributed by atoms with van der Waals surface area (Å²) in [6.45, 7) is 8.04. The second kappa shape index (κ2) is 13.7. The Morgan fingerprint density at radius 3 is 2.26 bits per heavy atom. The Morgan fingerprint density at radius 1 is 1.09 bits per heavy atom. The van der Waals surface area contributed by atoms with Gasteiger partial charge < -0.3 is 37.8 Å². The van der Waals surface area contributed by atoms with Crippen LogP contribution in [0.1, 0.15) is 59.8 Å². The Morgan fingerprint density at radius 2 is 1.74 bits per heavy atom. The van der Waals surface area contributed by atoms with Gasteiger partial charge in [-0.25, -0.2) is 4.79 Å². The van der Waals surface area contributed by atoms with Gasteiger partial charge in [0.05, 0.1) is 6.04 Å². The summed E-state index contributed by atoms with van der Waals surface area (Å²) in [5, 5.41) is 14.9. The Labute approximate surface area is 201 Å². The number of guanidine groups is 1. The van der Waals surface area contributed by atoms with Crippen molar-refractivity contribution in [2.45, 2.75) is 84.0 Å². The average Bonchev–Trinajstić information content (AvgIpc) is 3.23. The summed E-state index contributed by atoms with van der Waals surface area (Å²) in [7, 11) is 0. The molecule has 0 spiro atoms. The molecule has 0 unspecified atom stereocenters. The molecule has 12 heteroatoms. The number of carbonyl (C=O) groups is 4. The second-order valence-electron chi connectivity index (χ2n) is 9.50. The van der Waals surface area contributed by atoms with Gasteiger partial charge in [0.2, 0.25) is 17.7 Å². The summed E-state index contributed by atoms with van der Waals surface area (Å²) in [6, 6.07) is -3.54. The number of aliphatic imine (C=N–C) groups is 1. The molecule has 1 heterocycles. The SMILES string of the molecule is CC(C)C[C@H](NC(=O)[C@@H](NC(=O)[C@@H](N)CCCN=C(N)N)C(C)C)C(=O)N1CCC[C@H]1C(=O)O. The van der Waals surface area contributed by atoms with Gasteiger partial charge in [0.1, 0.15) is 18.1 Å². The molecule has 4 atom stereocenters. The predicted octanol–water partition coefficient (Wildman–Crippen LogP) is -0.885. The molecule has 9 N–H and O–H groups in total. The Balaban J connectivity index is 2.86. The molecular formula is C22H41N7O5. The summed E-state index contributed by atoms with van der Waals surface area (Å²) in [5.74, 6) is -2.71. The quantitative estimate of drug-likeness (QED) is 0.110. The van der Waals surface area contributed by atoms with Crippen LogP contribution in [0, 0.1) is 11.8 Å². The number of likely N-dealkylation sites (tertiary alicyclic amines) is 1. The van der Waals surface area contributed by atoms with Gasteiger partial charge in [-0.05, 0) is 43.9 Å². The summed E-state index contributed by atoms with van der Waals surface area (Å²) >= 11 is 0. The van der Waals surface area contributed by atoms with Crippen LogP contribution in [-0.4, -0.2) is 76.9 Å².